The molecule has 7 heteroatoms. The molecule has 2 aromatic heterocycles. The van der Waals surface area contributed by atoms with Gasteiger partial charge in [0, 0.05) is 12.3 Å². The third kappa shape index (κ3) is 2.99. The Morgan fingerprint density at radius 1 is 1.33 bits per heavy atom. The average molecular weight is 257 g/mol. The molecule has 0 bridgehead atoms. The summed E-state index contributed by atoms with van der Waals surface area (Å²) in [5.74, 6) is 1.02. The summed E-state index contributed by atoms with van der Waals surface area (Å²) >= 11 is 0. The molecule has 2 rings (SSSR count). The molecule has 0 saturated carbocycles. The Labute approximate surface area is 101 Å². The molecule has 1 N–H and O–H groups in total. The van der Waals surface area contributed by atoms with Crippen LogP contribution in [0.25, 0.3) is 0 Å². The fourth-order valence-electron chi connectivity index (χ4n) is 1.35. The van der Waals surface area contributed by atoms with Gasteiger partial charge in [-0.05, 0) is 19.1 Å². The van der Waals surface area contributed by atoms with Crippen LogP contribution in [0.5, 0.6) is 0 Å². The fraction of sp³-hybridized carbons (Fsp3) is 0.273. The van der Waals surface area contributed by atoms with E-state index in [0.29, 0.717) is 23.8 Å². The molecule has 0 atom stereocenters. The molecule has 0 aliphatic heterocycles. The Hall–Kier alpha value is -2.05. The molecular weight excluding hydrogens is 247 g/mol. The molecule has 0 fully saturated rings. The second kappa shape index (κ2) is 4.67. The second-order valence-electron chi connectivity index (χ2n) is 3.71. The van der Waals surface area contributed by atoms with Crippen LogP contribution in [-0.2, 0) is 12.7 Å². The molecule has 2 aromatic rings. The lowest BCUT2D eigenvalue weighted by atomic mass is 10.3. The molecule has 0 radical (unpaired) electrons. The Balaban J connectivity index is 1.98. The predicted octanol–water partition coefficient (Wildman–Crippen LogP) is 3.01. The number of hydrogen-bond donors (Lipinski definition) is 1. The van der Waals surface area contributed by atoms with E-state index in [9.17, 15) is 13.2 Å². The van der Waals surface area contributed by atoms with Crippen LogP contribution < -0.4 is 5.32 Å². The normalized spacial score (nSPS) is 11.6. The highest BCUT2D eigenvalue weighted by Gasteiger charge is 2.30. The fourth-order valence-corrected chi connectivity index (χ4v) is 1.35. The van der Waals surface area contributed by atoms with Crippen molar-refractivity contribution in [2.45, 2.75) is 19.6 Å². The third-order valence-corrected chi connectivity index (χ3v) is 2.22. The molecule has 0 aromatic carbocycles. The zero-order valence-electron chi connectivity index (χ0n) is 9.45. The Bertz CT molecular complexity index is 519. The van der Waals surface area contributed by atoms with Gasteiger partial charge in [-0.3, -0.25) is 0 Å². The van der Waals surface area contributed by atoms with E-state index >= 15 is 0 Å². The minimum Gasteiger partial charge on any atom is -0.364 e. The van der Waals surface area contributed by atoms with E-state index in [2.05, 4.69) is 15.5 Å². The molecular formula is C11H10F3N3O. The number of nitrogens with one attached hydrogen (secondary N) is 1. The average Bonchev–Trinajstić information content (AvgIpc) is 2.72. The van der Waals surface area contributed by atoms with Gasteiger partial charge < -0.3 is 9.84 Å². The summed E-state index contributed by atoms with van der Waals surface area (Å²) in [5.41, 5.74) is -0.112. The smallest absolute Gasteiger partial charge is 0.364 e. The Morgan fingerprint density at radius 3 is 2.61 bits per heavy atom. The van der Waals surface area contributed by atoms with Crippen molar-refractivity contribution < 1.29 is 17.7 Å². The minimum atomic E-state index is -4.37. The Kier molecular flexibility index (Phi) is 3.22. The number of hydrogen-bond acceptors (Lipinski definition) is 4. The number of halogens is 3. The number of aryl methyl sites for hydroxylation is 1. The molecule has 2 heterocycles. The van der Waals surface area contributed by atoms with Crippen LogP contribution in [0, 0.1) is 6.92 Å². The number of anilines is 1. The highest BCUT2D eigenvalue weighted by atomic mass is 19.4. The molecule has 0 unspecified atom stereocenters. The molecule has 96 valence electrons. The van der Waals surface area contributed by atoms with E-state index in [1.165, 1.54) is 6.07 Å². The summed E-state index contributed by atoms with van der Waals surface area (Å²) in [7, 11) is 0. The van der Waals surface area contributed by atoms with Crippen molar-refractivity contribution in [1.82, 2.24) is 10.1 Å². The quantitative estimate of drug-likeness (QED) is 0.918. The SMILES string of the molecule is Cc1cc(CNc2ccc(C(F)(F)F)cn2)no1. The first-order valence-electron chi connectivity index (χ1n) is 5.14. The number of alkyl halides is 3. The van der Waals surface area contributed by atoms with E-state index in [0.717, 1.165) is 12.3 Å². The van der Waals surface area contributed by atoms with Gasteiger partial charge in [0.15, 0.2) is 0 Å². The van der Waals surface area contributed by atoms with Gasteiger partial charge in [0.25, 0.3) is 0 Å². The highest BCUT2D eigenvalue weighted by molar-refractivity contribution is 5.36. The summed E-state index contributed by atoms with van der Waals surface area (Å²) in [4.78, 5) is 3.68. The van der Waals surface area contributed by atoms with E-state index in [1.807, 2.05) is 0 Å². The van der Waals surface area contributed by atoms with Crippen LogP contribution in [0.1, 0.15) is 17.0 Å². The second-order valence-corrected chi connectivity index (χ2v) is 3.71. The lowest BCUT2D eigenvalue weighted by Gasteiger charge is -2.07. The first-order chi connectivity index (χ1) is 8.45. The van der Waals surface area contributed by atoms with Crippen LogP contribution in [0.4, 0.5) is 19.0 Å². The standard InChI is InChI=1S/C11H10F3N3O/c1-7-4-9(17-18-7)6-16-10-3-2-8(5-15-10)11(12,13)14/h2-5H,6H2,1H3,(H,15,16). The molecule has 0 saturated heterocycles. The van der Waals surface area contributed by atoms with E-state index in [1.54, 1.807) is 13.0 Å². The van der Waals surface area contributed by atoms with Crippen molar-refractivity contribution in [2.24, 2.45) is 0 Å². The zero-order valence-corrected chi connectivity index (χ0v) is 9.45. The lowest BCUT2D eigenvalue weighted by Crippen LogP contribution is -2.07. The van der Waals surface area contributed by atoms with Crippen LogP contribution in [0.2, 0.25) is 0 Å². The molecule has 0 spiro atoms. The van der Waals surface area contributed by atoms with Gasteiger partial charge in [0.05, 0.1) is 12.1 Å². The third-order valence-electron chi connectivity index (χ3n) is 2.22. The van der Waals surface area contributed by atoms with Crippen molar-refractivity contribution in [3.8, 4) is 0 Å². The summed E-state index contributed by atoms with van der Waals surface area (Å²) in [6, 6.07) is 3.98. The minimum absolute atomic E-state index is 0.343. The van der Waals surface area contributed by atoms with Gasteiger partial charge in [-0.25, -0.2) is 4.98 Å². The zero-order chi connectivity index (χ0) is 13.2. The molecule has 0 aliphatic rings. The summed E-state index contributed by atoms with van der Waals surface area (Å²) in [6.45, 7) is 2.10. The molecule has 0 amide bonds. The van der Waals surface area contributed by atoms with E-state index in [4.69, 9.17) is 4.52 Å². The van der Waals surface area contributed by atoms with E-state index in [-0.39, 0.29) is 0 Å². The van der Waals surface area contributed by atoms with Gasteiger partial charge in [-0.1, -0.05) is 5.16 Å². The van der Waals surface area contributed by atoms with Gasteiger partial charge in [-0.2, -0.15) is 13.2 Å². The summed E-state index contributed by atoms with van der Waals surface area (Å²) < 4.78 is 41.7. The number of aromatic nitrogens is 2. The van der Waals surface area contributed by atoms with Gasteiger partial charge in [0.2, 0.25) is 0 Å². The largest absolute Gasteiger partial charge is 0.417 e. The molecule has 0 aliphatic carbocycles. The topological polar surface area (TPSA) is 51.0 Å². The van der Waals surface area contributed by atoms with Crippen molar-refractivity contribution in [3.63, 3.8) is 0 Å². The maximum Gasteiger partial charge on any atom is 0.417 e. The van der Waals surface area contributed by atoms with Crippen molar-refractivity contribution in [3.05, 3.63) is 41.4 Å². The Morgan fingerprint density at radius 2 is 2.11 bits per heavy atom. The highest BCUT2D eigenvalue weighted by Crippen LogP contribution is 2.28. The monoisotopic (exact) mass is 257 g/mol. The van der Waals surface area contributed by atoms with Crippen LogP contribution in [0.15, 0.2) is 28.9 Å². The van der Waals surface area contributed by atoms with E-state index < -0.39 is 11.7 Å². The lowest BCUT2D eigenvalue weighted by molar-refractivity contribution is -0.137. The van der Waals surface area contributed by atoms with Gasteiger partial charge in [0.1, 0.15) is 17.3 Å². The maximum atomic E-state index is 12.3. The number of pyridine rings is 1. The van der Waals surface area contributed by atoms with Gasteiger partial charge >= 0.3 is 6.18 Å². The number of rotatable bonds is 3. The maximum absolute atomic E-state index is 12.3. The van der Waals surface area contributed by atoms with Crippen molar-refractivity contribution >= 4 is 5.82 Å². The van der Waals surface area contributed by atoms with Crippen LogP contribution in [0.3, 0.4) is 0 Å². The van der Waals surface area contributed by atoms with Gasteiger partial charge in [-0.15, -0.1) is 0 Å². The first kappa shape index (κ1) is 12.4. The summed E-state index contributed by atoms with van der Waals surface area (Å²) in [6.07, 6.45) is -3.58. The summed E-state index contributed by atoms with van der Waals surface area (Å²) in [5, 5.41) is 6.59. The predicted molar refractivity (Wildman–Crippen MR) is 57.8 cm³/mol. The van der Waals surface area contributed by atoms with Crippen LogP contribution >= 0.6 is 0 Å². The first-order valence-corrected chi connectivity index (χ1v) is 5.14. The molecule has 18 heavy (non-hydrogen) atoms. The van der Waals surface area contributed by atoms with Crippen molar-refractivity contribution in [2.75, 3.05) is 5.32 Å². The van der Waals surface area contributed by atoms with Crippen LogP contribution in [-0.4, -0.2) is 10.1 Å². The number of nitrogens with zero attached hydrogens (tertiary/aromatic N) is 2. The molecule has 4 nitrogen and oxygen atoms in total. The van der Waals surface area contributed by atoms with Crippen molar-refractivity contribution in [1.29, 1.82) is 0 Å².